The van der Waals surface area contributed by atoms with Crippen molar-refractivity contribution in [2.24, 2.45) is 0 Å². The minimum Gasteiger partial charge on any atom is -0.382 e. The summed E-state index contributed by atoms with van der Waals surface area (Å²) in [6.07, 6.45) is -4.12. The second-order valence-electron chi connectivity index (χ2n) is 14.6. The van der Waals surface area contributed by atoms with Gasteiger partial charge in [-0.05, 0) is 61.0 Å². The molecule has 0 bridgehead atoms. The number of nitrogens with zero attached hydrogens (tertiary/aromatic N) is 3. The highest BCUT2D eigenvalue weighted by Crippen LogP contribution is 2.36. The summed E-state index contributed by atoms with van der Waals surface area (Å²) < 4.78 is 47.0. The second-order valence-corrected chi connectivity index (χ2v) is 14.6. The predicted molar refractivity (Wildman–Crippen MR) is 216 cm³/mol. The molecule has 3 aromatic carbocycles. The average molecular weight is 843 g/mol. The van der Waals surface area contributed by atoms with Gasteiger partial charge in [-0.1, -0.05) is 24.3 Å². The molecule has 19 heteroatoms. The number of likely N-dealkylation sites (N-methyl/N-ethyl adjacent to an activating group) is 1. The van der Waals surface area contributed by atoms with Gasteiger partial charge >= 0.3 is 6.18 Å². The zero-order valence-electron chi connectivity index (χ0n) is 32.8. The zero-order chi connectivity index (χ0) is 43.4. The minimum absolute atomic E-state index is 0.0163. The molecule has 7 rings (SSSR count). The third-order valence-electron chi connectivity index (χ3n) is 10.6. The van der Waals surface area contributed by atoms with Crippen molar-refractivity contribution in [1.29, 1.82) is 0 Å². The molecule has 0 radical (unpaired) electrons. The summed E-state index contributed by atoms with van der Waals surface area (Å²) in [5, 5.41) is 10.7. The minimum atomic E-state index is -4.94. The van der Waals surface area contributed by atoms with Gasteiger partial charge in [0.15, 0.2) is 0 Å². The van der Waals surface area contributed by atoms with E-state index in [4.69, 9.17) is 4.74 Å². The first-order valence-corrected chi connectivity index (χ1v) is 19.4. The number of anilines is 3. The fraction of sp³-hybridized carbons (Fsp3) is 0.310. The Bertz CT molecular complexity index is 2450. The van der Waals surface area contributed by atoms with Gasteiger partial charge in [0.25, 0.3) is 23.6 Å². The van der Waals surface area contributed by atoms with Gasteiger partial charge in [-0.15, -0.1) is 0 Å². The van der Waals surface area contributed by atoms with Gasteiger partial charge in [0.2, 0.25) is 17.4 Å². The van der Waals surface area contributed by atoms with Crippen molar-refractivity contribution in [2.75, 3.05) is 75.1 Å². The van der Waals surface area contributed by atoms with Crippen LogP contribution in [-0.4, -0.2) is 116 Å². The van der Waals surface area contributed by atoms with Crippen molar-refractivity contribution in [3.05, 3.63) is 111 Å². The molecule has 6 amide bonds. The number of piperidine rings is 1. The lowest BCUT2D eigenvalue weighted by Gasteiger charge is -2.35. The Morgan fingerprint density at radius 1 is 0.836 bits per heavy atom. The van der Waals surface area contributed by atoms with E-state index in [0.717, 1.165) is 24.2 Å². The summed E-state index contributed by atoms with van der Waals surface area (Å²) in [5.41, 5.74) is 0.155. The van der Waals surface area contributed by atoms with Crippen molar-refractivity contribution >= 4 is 52.5 Å². The highest BCUT2D eigenvalue weighted by Gasteiger charge is 2.45. The summed E-state index contributed by atoms with van der Waals surface area (Å²) in [6, 6.07) is 15.9. The number of alkyl halides is 3. The monoisotopic (exact) mass is 842 g/mol. The molecule has 0 saturated carbocycles. The first-order valence-electron chi connectivity index (χ1n) is 19.4. The lowest BCUT2D eigenvalue weighted by molar-refractivity contribution is -0.138. The van der Waals surface area contributed by atoms with Crippen molar-refractivity contribution in [1.82, 2.24) is 25.4 Å². The van der Waals surface area contributed by atoms with Crippen LogP contribution in [0.1, 0.15) is 59.8 Å². The van der Waals surface area contributed by atoms with Crippen molar-refractivity contribution in [3.8, 4) is 11.1 Å². The number of rotatable bonds is 13. The highest BCUT2D eigenvalue weighted by molar-refractivity contribution is 6.25. The number of nitrogens with one attached hydrogen (secondary N) is 5. The molecule has 4 aromatic rings. The number of halogens is 3. The van der Waals surface area contributed by atoms with Crippen LogP contribution in [0.5, 0.6) is 0 Å². The maximum absolute atomic E-state index is 13.8. The SMILES string of the molecule is CN1CCN(c2ccc(-c3ccc(C(=O)NCCOCCNc4cccc5c4C(=O)N(C4CCC(=O)NC4=O)C5=O)cc3)cc2NC(=O)c2c[nH]c(=O)cc2C(F)(F)F)CC1. The number of carbonyl (C=O) groups is 6. The average Bonchev–Trinajstić information content (AvgIpc) is 3.49. The fourth-order valence-electron chi connectivity index (χ4n) is 7.40. The molecule has 2 fully saturated rings. The van der Waals surface area contributed by atoms with Crippen LogP contribution < -0.4 is 31.7 Å². The number of imide groups is 2. The van der Waals surface area contributed by atoms with Crippen LogP contribution in [-0.2, 0) is 20.5 Å². The number of piperazine rings is 1. The van der Waals surface area contributed by atoms with Gasteiger partial charge in [0.1, 0.15) is 6.04 Å². The van der Waals surface area contributed by atoms with E-state index in [-0.39, 0.29) is 61.9 Å². The number of aromatic amines is 1. The van der Waals surface area contributed by atoms with Crippen LogP contribution in [0.15, 0.2) is 77.7 Å². The molecule has 1 unspecified atom stereocenters. The number of benzene rings is 3. The Balaban J connectivity index is 0.930. The van der Waals surface area contributed by atoms with Gasteiger partial charge in [-0.3, -0.25) is 43.8 Å². The van der Waals surface area contributed by atoms with Gasteiger partial charge in [0.05, 0.1) is 46.8 Å². The van der Waals surface area contributed by atoms with E-state index in [1.54, 1.807) is 48.5 Å². The molecular formula is C42H41F3N8O8. The summed E-state index contributed by atoms with van der Waals surface area (Å²) >= 11 is 0. The second kappa shape index (κ2) is 17.8. The summed E-state index contributed by atoms with van der Waals surface area (Å²) in [7, 11) is 1.98. The summed E-state index contributed by atoms with van der Waals surface area (Å²) in [4.78, 5) is 95.5. The molecule has 3 aliphatic heterocycles. The largest absolute Gasteiger partial charge is 0.417 e. The molecule has 1 aromatic heterocycles. The van der Waals surface area contributed by atoms with Gasteiger partial charge in [0, 0.05) is 69.2 Å². The topological polar surface area (TPSA) is 202 Å². The molecule has 0 spiro atoms. The maximum Gasteiger partial charge on any atom is 0.417 e. The number of carbonyl (C=O) groups excluding carboxylic acids is 6. The van der Waals surface area contributed by atoms with Crippen molar-refractivity contribution < 1.29 is 46.7 Å². The standard InChI is InChI=1S/C42H41F3N8O8/c1-51-15-17-52(18-16-51)32-10-9-26(21-31(32)49-38(57)28-23-48-35(55)22-29(28)42(43,44)45)24-5-7-25(8-6-24)37(56)47-14-20-61-19-13-46-30-4-2-3-27-36(30)41(60)53(40(27)59)33-11-12-34(54)50-39(33)58/h2-10,21-23,33,46H,11-20H2,1H3,(H,47,56)(H,48,55)(H,49,57)(H,50,54,58). The lowest BCUT2D eigenvalue weighted by atomic mass is 10.0. The lowest BCUT2D eigenvalue weighted by Crippen LogP contribution is -2.54. The normalized spacial score (nSPS) is 17.0. The smallest absolute Gasteiger partial charge is 0.382 e. The number of amides is 6. The van der Waals surface area contributed by atoms with E-state index in [0.29, 0.717) is 47.2 Å². The predicted octanol–water partition coefficient (Wildman–Crippen LogP) is 3.32. The summed E-state index contributed by atoms with van der Waals surface area (Å²) in [5.74, 6) is -3.79. The number of hydrogen-bond donors (Lipinski definition) is 5. The number of ether oxygens (including phenoxy) is 1. The van der Waals surface area contributed by atoms with Crippen LogP contribution in [0.4, 0.5) is 30.2 Å². The number of pyridine rings is 1. The molecule has 4 heterocycles. The number of aromatic nitrogens is 1. The molecular weight excluding hydrogens is 802 g/mol. The molecule has 3 aliphatic rings. The third-order valence-corrected chi connectivity index (χ3v) is 10.6. The van der Waals surface area contributed by atoms with Crippen LogP contribution in [0.2, 0.25) is 0 Å². The first kappa shape index (κ1) is 42.3. The summed E-state index contributed by atoms with van der Waals surface area (Å²) in [6.45, 7) is 3.50. The van der Waals surface area contributed by atoms with Crippen LogP contribution in [0.25, 0.3) is 11.1 Å². The molecule has 5 N–H and O–H groups in total. The first-order chi connectivity index (χ1) is 29.2. The Morgan fingerprint density at radius 3 is 2.28 bits per heavy atom. The van der Waals surface area contributed by atoms with E-state index >= 15 is 0 Å². The Hall–Kier alpha value is -6.86. The Labute approximate surface area is 346 Å². The van der Waals surface area contributed by atoms with Crippen LogP contribution >= 0.6 is 0 Å². The highest BCUT2D eigenvalue weighted by atomic mass is 19.4. The van der Waals surface area contributed by atoms with E-state index in [1.807, 2.05) is 18.0 Å². The van der Waals surface area contributed by atoms with Gasteiger partial charge in [-0.2, -0.15) is 13.2 Å². The van der Waals surface area contributed by atoms with Gasteiger partial charge < -0.3 is 35.5 Å². The quantitative estimate of drug-likeness (QED) is 0.0977. The molecule has 1 atom stereocenters. The van der Waals surface area contributed by atoms with E-state index in [9.17, 15) is 46.7 Å². The molecule has 61 heavy (non-hydrogen) atoms. The number of hydrogen-bond acceptors (Lipinski definition) is 11. The Kier molecular flexibility index (Phi) is 12.3. The molecule has 16 nitrogen and oxygen atoms in total. The van der Waals surface area contributed by atoms with E-state index < -0.39 is 58.4 Å². The molecule has 0 aliphatic carbocycles. The van der Waals surface area contributed by atoms with Gasteiger partial charge in [-0.25, -0.2) is 0 Å². The van der Waals surface area contributed by atoms with Crippen molar-refractivity contribution in [3.63, 3.8) is 0 Å². The van der Waals surface area contributed by atoms with Crippen molar-refractivity contribution in [2.45, 2.75) is 25.1 Å². The number of H-pyrrole nitrogens is 1. The zero-order valence-corrected chi connectivity index (χ0v) is 32.8. The third kappa shape index (κ3) is 9.32. The molecule has 318 valence electrons. The number of fused-ring (bicyclic) bond motifs is 1. The maximum atomic E-state index is 13.8. The van der Waals surface area contributed by atoms with Crippen LogP contribution in [0.3, 0.4) is 0 Å². The van der Waals surface area contributed by atoms with Crippen LogP contribution in [0, 0.1) is 0 Å². The molecule has 2 saturated heterocycles. The van der Waals surface area contributed by atoms with E-state index in [2.05, 4.69) is 31.2 Å². The Morgan fingerprint density at radius 2 is 1.56 bits per heavy atom. The fourth-order valence-corrected chi connectivity index (χ4v) is 7.40. The van der Waals surface area contributed by atoms with E-state index in [1.165, 1.54) is 6.07 Å².